The predicted molar refractivity (Wildman–Crippen MR) is 66.0 cm³/mol. The van der Waals surface area contributed by atoms with E-state index in [-0.39, 0.29) is 0 Å². The van der Waals surface area contributed by atoms with E-state index in [0.29, 0.717) is 5.92 Å². The third kappa shape index (κ3) is 5.25. The Balaban J connectivity index is 2.02. The average molecular weight is 227 g/mol. The van der Waals surface area contributed by atoms with Gasteiger partial charge in [0.05, 0.1) is 10.7 Å². The topological polar surface area (TPSA) is 50.9 Å². The van der Waals surface area contributed by atoms with Crippen LogP contribution in [0.2, 0.25) is 0 Å². The molecule has 0 radical (unpaired) electrons. The van der Waals surface area contributed by atoms with Gasteiger partial charge in [0.25, 0.3) is 0 Å². The Morgan fingerprint density at radius 2 is 2.40 bits per heavy atom. The summed E-state index contributed by atoms with van der Waals surface area (Å²) < 4.78 is 0. The molecule has 15 heavy (non-hydrogen) atoms. The Morgan fingerprint density at radius 3 is 3.00 bits per heavy atom. The normalized spacial score (nSPS) is 13.0. The van der Waals surface area contributed by atoms with Gasteiger partial charge in [0.2, 0.25) is 0 Å². The molecule has 0 aromatic carbocycles. The van der Waals surface area contributed by atoms with Gasteiger partial charge in [0.1, 0.15) is 0 Å². The second-order valence-electron chi connectivity index (χ2n) is 4.02. The van der Waals surface area contributed by atoms with Crippen molar-refractivity contribution in [3.63, 3.8) is 0 Å². The fourth-order valence-corrected chi connectivity index (χ4v) is 2.01. The van der Waals surface area contributed by atoms with Gasteiger partial charge in [-0.05, 0) is 38.8 Å². The maximum atomic E-state index is 5.55. The second kappa shape index (κ2) is 6.93. The third-order valence-corrected chi connectivity index (χ3v) is 3.25. The average Bonchev–Trinajstić information content (AvgIpc) is 2.63. The lowest BCUT2D eigenvalue weighted by molar-refractivity contribution is 0.500. The molecule has 1 aromatic heterocycles. The van der Waals surface area contributed by atoms with Crippen molar-refractivity contribution in [1.29, 1.82) is 0 Å². The van der Waals surface area contributed by atoms with Crippen LogP contribution in [0.4, 0.5) is 0 Å². The highest BCUT2D eigenvalue weighted by Crippen LogP contribution is 2.07. The van der Waals surface area contributed by atoms with Crippen molar-refractivity contribution in [3.05, 3.63) is 16.1 Å². The molecule has 0 aliphatic heterocycles. The maximum Gasteiger partial charge on any atom is 0.0897 e. The molecule has 3 N–H and O–H groups in total. The monoisotopic (exact) mass is 227 g/mol. The van der Waals surface area contributed by atoms with E-state index in [0.717, 1.165) is 30.3 Å². The van der Waals surface area contributed by atoms with Crippen molar-refractivity contribution >= 4 is 11.3 Å². The molecule has 86 valence electrons. The fourth-order valence-electron chi connectivity index (χ4n) is 1.40. The molecular weight excluding hydrogens is 206 g/mol. The lowest BCUT2D eigenvalue weighted by Crippen LogP contribution is -2.17. The van der Waals surface area contributed by atoms with Crippen LogP contribution in [-0.4, -0.2) is 18.1 Å². The van der Waals surface area contributed by atoms with Crippen molar-refractivity contribution in [2.24, 2.45) is 11.7 Å². The summed E-state index contributed by atoms with van der Waals surface area (Å²) in [6.07, 6.45) is 2.40. The molecule has 0 aliphatic carbocycles. The van der Waals surface area contributed by atoms with E-state index in [1.165, 1.54) is 12.8 Å². The number of nitrogens with one attached hydrogen (secondary N) is 1. The molecule has 1 heterocycles. The predicted octanol–water partition coefficient (Wildman–Crippen LogP) is 1.92. The van der Waals surface area contributed by atoms with Crippen molar-refractivity contribution in [3.8, 4) is 0 Å². The minimum absolute atomic E-state index is 0.647. The van der Waals surface area contributed by atoms with Crippen molar-refractivity contribution < 1.29 is 0 Å². The SMILES string of the molecule is Cc1nc(CNCCCC(C)CN)cs1. The van der Waals surface area contributed by atoms with E-state index in [1.54, 1.807) is 11.3 Å². The summed E-state index contributed by atoms with van der Waals surface area (Å²) in [6.45, 7) is 6.98. The van der Waals surface area contributed by atoms with E-state index < -0.39 is 0 Å². The van der Waals surface area contributed by atoms with Crippen LogP contribution < -0.4 is 11.1 Å². The first-order valence-electron chi connectivity index (χ1n) is 5.54. The fraction of sp³-hybridized carbons (Fsp3) is 0.727. The van der Waals surface area contributed by atoms with E-state index >= 15 is 0 Å². The van der Waals surface area contributed by atoms with Crippen LogP contribution in [0.15, 0.2) is 5.38 Å². The molecule has 0 fully saturated rings. The van der Waals surface area contributed by atoms with Crippen LogP contribution in [-0.2, 0) is 6.54 Å². The van der Waals surface area contributed by atoms with Gasteiger partial charge in [-0.15, -0.1) is 11.3 Å². The van der Waals surface area contributed by atoms with E-state index in [4.69, 9.17) is 5.73 Å². The molecule has 1 aromatic rings. The summed E-state index contributed by atoms with van der Waals surface area (Å²) in [5.41, 5.74) is 6.71. The number of hydrogen-bond acceptors (Lipinski definition) is 4. The summed E-state index contributed by atoms with van der Waals surface area (Å²) in [5, 5.41) is 6.66. The Kier molecular flexibility index (Phi) is 5.83. The number of nitrogens with zero attached hydrogens (tertiary/aromatic N) is 1. The molecule has 0 aliphatic rings. The molecular formula is C11H21N3S. The summed E-state index contributed by atoms with van der Waals surface area (Å²) in [6, 6.07) is 0. The Labute approximate surface area is 96.1 Å². The van der Waals surface area contributed by atoms with Gasteiger partial charge in [-0.2, -0.15) is 0 Å². The number of rotatable bonds is 7. The summed E-state index contributed by atoms with van der Waals surface area (Å²) in [7, 11) is 0. The Morgan fingerprint density at radius 1 is 1.60 bits per heavy atom. The van der Waals surface area contributed by atoms with Gasteiger partial charge in [-0.25, -0.2) is 4.98 Å². The largest absolute Gasteiger partial charge is 0.330 e. The van der Waals surface area contributed by atoms with Crippen LogP contribution in [0.3, 0.4) is 0 Å². The number of aryl methyl sites for hydroxylation is 1. The molecule has 0 bridgehead atoms. The first-order valence-corrected chi connectivity index (χ1v) is 6.42. The first kappa shape index (κ1) is 12.6. The van der Waals surface area contributed by atoms with Crippen LogP contribution in [0.5, 0.6) is 0 Å². The first-order chi connectivity index (χ1) is 7.22. The molecule has 1 atom stereocenters. The lowest BCUT2D eigenvalue weighted by atomic mass is 10.1. The summed E-state index contributed by atoms with van der Waals surface area (Å²) in [5.74, 6) is 0.647. The van der Waals surface area contributed by atoms with Crippen molar-refractivity contribution in [1.82, 2.24) is 10.3 Å². The van der Waals surface area contributed by atoms with E-state index in [2.05, 4.69) is 22.6 Å². The highest BCUT2D eigenvalue weighted by Gasteiger charge is 1.99. The standard InChI is InChI=1S/C11H21N3S/c1-9(6-12)4-3-5-13-7-11-8-15-10(2)14-11/h8-9,13H,3-7,12H2,1-2H3. The van der Waals surface area contributed by atoms with Crippen LogP contribution in [0, 0.1) is 12.8 Å². The molecule has 4 heteroatoms. The van der Waals surface area contributed by atoms with E-state index in [9.17, 15) is 0 Å². The zero-order valence-corrected chi connectivity index (χ0v) is 10.4. The third-order valence-electron chi connectivity index (χ3n) is 2.43. The van der Waals surface area contributed by atoms with Crippen LogP contribution >= 0.6 is 11.3 Å². The van der Waals surface area contributed by atoms with Gasteiger partial charge in [-0.3, -0.25) is 0 Å². The van der Waals surface area contributed by atoms with E-state index in [1.807, 2.05) is 6.92 Å². The van der Waals surface area contributed by atoms with Crippen LogP contribution in [0.1, 0.15) is 30.5 Å². The van der Waals surface area contributed by atoms with Crippen LogP contribution in [0.25, 0.3) is 0 Å². The second-order valence-corrected chi connectivity index (χ2v) is 5.08. The molecule has 1 rings (SSSR count). The molecule has 0 saturated heterocycles. The van der Waals surface area contributed by atoms with Gasteiger partial charge < -0.3 is 11.1 Å². The maximum absolute atomic E-state index is 5.55. The number of nitrogens with two attached hydrogens (primary N) is 1. The zero-order valence-electron chi connectivity index (χ0n) is 9.62. The molecule has 1 unspecified atom stereocenters. The molecule has 0 amide bonds. The summed E-state index contributed by atoms with van der Waals surface area (Å²) >= 11 is 1.71. The minimum atomic E-state index is 0.647. The number of hydrogen-bond donors (Lipinski definition) is 2. The van der Waals surface area contributed by atoms with Crippen molar-refractivity contribution in [2.75, 3.05) is 13.1 Å². The molecule has 0 saturated carbocycles. The van der Waals surface area contributed by atoms with Gasteiger partial charge >= 0.3 is 0 Å². The Hall–Kier alpha value is -0.450. The minimum Gasteiger partial charge on any atom is -0.330 e. The highest BCUT2D eigenvalue weighted by molar-refractivity contribution is 7.09. The van der Waals surface area contributed by atoms with Gasteiger partial charge in [0, 0.05) is 11.9 Å². The summed E-state index contributed by atoms with van der Waals surface area (Å²) in [4.78, 5) is 4.40. The smallest absolute Gasteiger partial charge is 0.0897 e. The van der Waals surface area contributed by atoms with Gasteiger partial charge in [-0.1, -0.05) is 6.92 Å². The highest BCUT2D eigenvalue weighted by atomic mass is 32.1. The van der Waals surface area contributed by atoms with Crippen molar-refractivity contribution in [2.45, 2.75) is 33.2 Å². The van der Waals surface area contributed by atoms with Gasteiger partial charge in [0.15, 0.2) is 0 Å². The molecule has 0 spiro atoms. The number of thiazole rings is 1. The lowest BCUT2D eigenvalue weighted by Gasteiger charge is -2.07. The number of aromatic nitrogens is 1. The molecule has 3 nitrogen and oxygen atoms in total. The quantitative estimate of drug-likeness (QED) is 0.700. The Bertz CT molecular complexity index is 273. The zero-order chi connectivity index (χ0) is 11.1.